The van der Waals surface area contributed by atoms with Crippen LogP contribution in [0.25, 0.3) is 10.9 Å². The van der Waals surface area contributed by atoms with E-state index in [4.69, 9.17) is 14.3 Å². The normalized spacial score (nSPS) is 11.3. The van der Waals surface area contributed by atoms with Gasteiger partial charge in [-0.1, -0.05) is 18.2 Å². The minimum Gasteiger partial charge on any atom is -0.497 e. The molecule has 0 aliphatic carbocycles. The third-order valence-electron chi connectivity index (χ3n) is 4.44. The van der Waals surface area contributed by atoms with Crippen LogP contribution in [-0.4, -0.2) is 29.0 Å². The predicted octanol–water partition coefficient (Wildman–Crippen LogP) is 4.74. The molecular formula is C22H18N2O4. The molecule has 0 unspecified atom stereocenters. The highest BCUT2D eigenvalue weighted by molar-refractivity contribution is 6.00. The second kappa shape index (κ2) is 7.44. The highest BCUT2D eigenvalue weighted by Gasteiger charge is 2.12. The zero-order chi connectivity index (χ0) is 19.5. The van der Waals surface area contributed by atoms with Gasteiger partial charge < -0.3 is 18.8 Å². The van der Waals surface area contributed by atoms with E-state index in [2.05, 4.69) is 4.99 Å². The van der Waals surface area contributed by atoms with Gasteiger partial charge in [-0.05, 0) is 42.5 Å². The first-order valence-corrected chi connectivity index (χ1v) is 8.72. The number of nitrogens with zero attached hydrogens (tertiary/aromatic N) is 2. The summed E-state index contributed by atoms with van der Waals surface area (Å²) in [6, 6.07) is 18.7. The lowest BCUT2D eigenvalue weighted by Gasteiger charge is -2.02. The molecule has 2 aromatic carbocycles. The third kappa shape index (κ3) is 3.53. The van der Waals surface area contributed by atoms with Crippen LogP contribution in [0.1, 0.15) is 21.9 Å². The second-order valence-corrected chi connectivity index (χ2v) is 6.26. The van der Waals surface area contributed by atoms with Crippen molar-refractivity contribution in [2.75, 3.05) is 7.11 Å². The van der Waals surface area contributed by atoms with Crippen LogP contribution in [0.15, 0.2) is 76.3 Å². The number of para-hydroxylation sites is 1. The number of aromatic carboxylic acids is 1. The quantitative estimate of drug-likeness (QED) is 0.495. The number of ether oxygens (including phenoxy) is 1. The Bertz CT molecular complexity index is 1150. The molecule has 28 heavy (non-hydrogen) atoms. The number of hydrogen-bond acceptors (Lipinski definition) is 4. The van der Waals surface area contributed by atoms with Crippen molar-refractivity contribution < 1.29 is 19.1 Å². The molecule has 4 aromatic rings. The maximum absolute atomic E-state index is 11.0. The Morgan fingerprint density at radius 1 is 1.14 bits per heavy atom. The van der Waals surface area contributed by atoms with Crippen molar-refractivity contribution >= 4 is 28.8 Å². The lowest BCUT2D eigenvalue weighted by molar-refractivity contribution is 0.0660. The smallest absolute Gasteiger partial charge is 0.371 e. The maximum atomic E-state index is 11.0. The molecule has 0 aliphatic heterocycles. The van der Waals surface area contributed by atoms with Gasteiger partial charge in [0.1, 0.15) is 11.5 Å². The number of aliphatic imine (C=N–C) groups is 1. The second-order valence-electron chi connectivity index (χ2n) is 6.26. The molecule has 2 heterocycles. The summed E-state index contributed by atoms with van der Waals surface area (Å²) in [7, 11) is 1.63. The highest BCUT2D eigenvalue weighted by atomic mass is 16.5. The number of fused-ring (bicyclic) bond motifs is 1. The Hall–Kier alpha value is -3.80. The molecule has 2 aromatic heterocycles. The Morgan fingerprint density at radius 3 is 2.64 bits per heavy atom. The molecule has 0 saturated carbocycles. The summed E-state index contributed by atoms with van der Waals surface area (Å²) in [5.74, 6) is 0.232. The molecule has 6 nitrogen and oxygen atoms in total. The monoisotopic (exact) mass is 374 g/mol. The van der Waals surface area contributed by atoms with Crippen LogP contribution >= 0.6 is 0 Å². The summed E-state index contributed by atoms with van der Waals surface area (Å²) in [5.41, 5.74) is 2.82. The van der Waals surface area contributed by atoms with Crippen LogP contribution in [0, 0.1) is 0 Å². The van der Waals surface area contributed by atoms with Crippen molar-refractivity contribution in [2.24, 2.45) is 4.99 Å². The molecule has 0 bridgehead atoms. The summed E-state index contributed by atoms with van der Waals surface area (Å²) in [6.45, 7) is 0.435. The van der Waals surface area contributed by atoms with Gasteiger partial charge in [0.25, 0.3) is 0 Å². The van der Waals surface area contributed by atoms with Crippen LogP contribution in [0.4, 0.5) is 5.69 Å². The highest BCUT2D eigenvalue weighted by Crippen LogP contribution is 2.23. The molecule has 0 atom stereocenters. The van der Waals surface area contributed by atoms with Crippen molar-refractivity contribution in [3.8, 4) is 5.75 Å². The number of methoxy groups -OCH3 is 1. The molecule has 0 radical (unpaired) electrons. The number of rotatable bonds is 6. The van der Waals surface area contributed by atoms with Crippen molar-refractivity contribution in [1.29, 1.82) is 0 Å². The first-order valence-electron chi connectivity index (χ1n) is 8.72. The summed E-state index contributed by atoms with van der Waals surface area (Å²) >= 11 is 0. The first kappa shape index (κ1) is 17.6. The van der Waals surface area contributed by atoms with Crippen molar-refractivity contribution in [3.63, 3.8) is 0 Å². The number of carboxylic acid groups (broad SMARTS) is 1. The largest absolute Gasteiger partial charge is 0.497 e. The average Bonchev–Trinajstić information content (AvgIpc) is 3.33. The molecule has 140 valence electrons. The van der Waals surface area contributed by atoms with Gasteiger partial charge in [-0.15, -0.1) is 0 Å². The molecule has 0 fully saturated rings. The van der Waals surface area contributed by atoms with Gasteiger partial charge in [-0.2, -0.15) is 0 Å². The van der Waals surface area contributed by atoms with Gasteiger partial charge in [0.2, 0.25) is 5.76 Å². The van der Waals surface area contributed by atoms with Gasteiger partial charge in [-0.3, -0.25) is 4.99 Å². The molecule has 0 amide bonds. The van der Waals surface area contributed by atoms with E-state index in [9.17, 15) is 4.79 Å². The van der Waals surface area contributed by atoms with E-state index in [0.717, 1.165) is 27.9 Å². The number of carbonyl (C=O) groups is 1. The fourth-order valence-electron chi connectivity index (χ4n) is 3.07. The van der Waals surface area contributed by atoms with Gasteiger partial charge in [0, 0.05) is 28.9 Å². The van der Waals surface area contributed by atoms with Crippen LogP contribution in [0.5, 0.6) is 5.75 Å². The number of benzene rings is 2. The summed E-state index contributed by atoms with van der Waals surface area (Å²) in [4.78, 5) is 15.6. The standard InChI is InChI=1S/C22H18N2O4/c1-27-17-8-6-16(7-9-17)23-12-15-13-24(20-5-3-2-4-19(15)20)14-18-10-11-21(28-18)22(25)26/h2-13H,14H2,1H3,(H,25,26). The molecule has 6 heteroatoms. The van der Waals surface area contributed by atoms with E-state index >= 15 is 0 Å². The van der Waals surface area contributed by atoms with E-state index in [0.29, 0.717) is 12.3 Å². The Balaban J connectivity index is 1.65. The number of carboxylic acids is 1. The molecule has 4 rings (SSSR count). The zero-order valence-corrected chi connectivity index (χ0v) is 15.2. The molecule has 0 saturated heterocycles. The fraction of sp³-hybridized carbons (Fsp3) is 0.0909. The first-order chi connectivity index (χ1) is 13.6. The zero-order valence-electron chi connectivity index (χ0n) is 15.2. The van der Waals surface area contributed by atoms with E-state index in [1.807, 2.05) is 65.5 Å². The summed E-state index contributed by atoms with van der Waals surface area (Å²) < 4.78 is 12.6. The van der Waals surface area contributed by atoms with Crippen molar-refractivity contribution in [3.05, 3.63) is 83.9 Å². The predicted molar refractivity (Wildman–Crippen MR) is 107 cm³/mol. The van der Waals surface area contributed by atoms with Crippen LogP contribution in [-0.2, 0) is 6.54 Å². The van der Waals surface area contributed by atoms with Crippen LogP contribution in [0.2, 0.25) is 0 Å². The topological polar surface area (TPSA) is 77.0 Å². The Labute approximate surface area is 161 Å². The summed E-state index contributed by atoms with van der Waals surface area (Å²) in [5, 5.41) is 10.1. The van der Waals surface area contributed by atoms with E-state index in [1.165, 1.54) is 6.07 Å². The Morgan fingerprint density at radius 2 is 1.93 bits per heavy atom. The number of furan rings is 1. The van der Waals surface area contributed by atoms with Gasteiger partial charge in [0.15, 0.2) is 0 Å². The van der Waals surface area contributed by atoms with Gasteiger partial charge in [-0.25, -0.2) is 4.79 Å². The van der Waals surface area contributed by atoms with Crippen LogP contribution < -0.4 is 4.74 Å². The maximum Gasteiger partial charge on any atom is 0.371 e. The number of aromatic nitrogens is 1. The number of hydrogen-bond donors (Lipinski definition) is 1. The molecule has 0 spiro atoms. The van der Waals surface area contributed by atoms with Gasteiger partial charge in [0.05, 0.1) is 19.3 Å². The minimum absolute atomic E-state index is 0.0623. The summed E-state index contributed by atoms with van der Waals surface area (Å²) in [6.07, 6.45) is 3.81. The SMILES string of the molecule is COc1ccc(N=Cc2cn(Cc3ccc(C(=O)O)o3)c3ccccc23)cc1. The average molecular weight is 374 g/mol. The molecule has 1 N–H and O–H groups in total. The third-order valence-corrected chi connectivity index (χ3v) is 4.44. The van der Waals surface area contributed by atoms with Crippen LogP contribution in [0.3, 0.4) is 0 Å². The van der Waals surface area contributed by atoms with Gasteiger partial charge >= 0.3 is 5.97 Å². The Kier molecular flexibility index (Phi) is 4.68. The lowest BCUT2D eigenvalue weighted by atomic mass is 10.2. The fourth-order valence-corrected chi connectivity index (χ4v) is 3.07. The van der Waals surface area contributed by atoms with E-state index in [1.54, 1.807) is 13.2 Å². The van der Waals surface area contributed by atoms with E-state index in [-0.39, 0.29) is 5.76 Å². The van der Waals surface area contributed by atoms with Crippen molar-refractivity contribution in [2.45, 2.75) is 6.54 Å². The molecular weight excluding hydrogens is 356 g/mol. The molecule has 0 aliphatic rings. The van der Waals surface area contributed by atoms with E-state index < -0.39 is 5.97 Å². The minimum atomic E-state index is -1.07. The lowest BCUT2D eigenvalue weighted by Crippen LogP contribution is -1.97. The van der Waals surface area contributed by atoms with Crippen molar-refractivity contribution in [1.82, 2.24) is 4.57 Å².